The number of nitrogens with two attached hydrogens (primary N) is 2. The molecule has 0 aliphatic rings. The summed E-state index contributed by atoms with van der Waals surface area (Å²) in [5.74, 6) is -4.98. The SMILES string of the molecule is CC(C)C[C@H](NC(=O)[C@H](C(C)C)N(C(=O)OC(C)(C)C)C(=O)[C@@H](N)Cc1ccccc1)C(O)C(O)[C@H](CC(C)C)NC(=O)[C@H](C(C)C)N(C(=O)OC(C)(C)C)C(=O)[C@@H](N)Cc1ccccc1. The van der Waals surface area contributed by atoms with Gasteiger partial charge in [-0.25, -0.2) is 19.4 Å². The topological polar surface area (TPSA) is 244 Å². The third-order valence-corrected chi connectivity index (χ3v) is 10.5. The number of imide groups is 2. The fourth-order valence-corrected chi connectivity index (χ4v) is 7.60. The van der Waals surface area contributed by atoms with Gasteiger partial charge in [-0.2, -0.15) is 0 Å². The summed E-state index contributed by atoms with van der Waals surface area (Å²) in [6.07, 6.45) is -5.22. The summed E-state index contributed by atoms with van der Waals surface area (Å²) in [6, 6.07) is 10.2. The van der Waals surface area contributed by atoms with Crippen LogP contribution in [0.1, 0.15) is 121 Å². The Kier molecular flexibility index (Phi) is 21.9. The first-order valence-corrected chi connectivity index (χ1v) is 23.1. The van der Waals surface area contributed by atoms with E-state index in [1.165, 1.54) is 0 Å². The van der Waals surface area contributed by atoms with Gasteiger partial charge in [0, 0.05) is 0 Å². The summed E-state index contributed by atoms with van der Waals surface area (Å²) in [7, 11) is 0. The van der Waals surface area contributed by atoms with Crippen LogP contribution in [0.25, 0.3) is 0 Å². The first-order valence-electron chi connectivity index (χ1n) is 23.1. The average molecular weight is 925 g/mol. The third kappa shape index (κ3) is 18.1. The molecule has 2 aromatic rings. The summed E-state index contributed by atoms with van der Waals surface area (Å²) in [5.41, 5.74) is 12.2. The number of nitrogens with one attached hydrogen (secondary N) is 2. The summed E-state index contributed by atoms with van der Waals surface area (Å²) < 4.78 is 11.3. The van der Waals surface area contributed by atoms with E-state index in [0.717, 1.165) is 20.9 Å². The van der Waals surface area contributed by atoms with Crippen molar-refractivity contribution in [2.75, 3.05) is 0 Å². The van der Waals surface area contributed by atoms with Crippen molar-refractivity contribution < 1.29 is 48.5 Å². The first-order chi connectivity index (χ1) is 30.4. The molecule has 2 rings (SSSR count). The second kappa shape index (κ2) is 25.3. The molecule has 0 bridgehead atoms. The Hall–Kier alpha value is -4.90. The lowest BCUT2D eigenvalue weighted by Crippen LogP contribution is -2.64. The van der Waals surface area contributed by atoms with Gasteiger partial charge in [0.25, 0.3) is 0 Å². The van der Waals surface area contributed by atoms with Crippen LogP contribution in [0, 0.1) is 23.7 Å². The molecule has 66 heavy (non-hydrogen) atoms. The fourth-order valence-electron chi connectivity index (χ4n) is 7.60. The van der Waals surface area contributed by atoms with Crippen LogP contribution in [0.15, 0.2) is 60.7 Å². The number of benzene rings is 2. The normalized spacial score (nSPS) is 15.8. The van der Waals surface area contributed by atoms with E-state index in [1.807, 2.05) is 39.8 Å². The number of carbonyl (C=O) groups excluding carboxylic acids is 6. The number of aliphatic hydroxyl groups excluding tert-OH is 2. The van der Waals surface area contributed by atoms with Crippen molar-refractivity contribution in [3.8, 4) is 0 Å². The molecule has 2 aromatic carbocycles. The van der Waals surface area contributed by atoms with E-state index in [2.05, 4.69) is 10.6 Å². The number of amides is 6. The van der Waals surface area contributed by atoms with Gasteiger partial charge in [-0.3, -0.25) is 19.2 Å². The Morgan fingerprint density at radius 2 is 0.833 bits per heavy atom. The van der Waals surface area contributed by atoms with E-state index in [1.54, 1.807) is 118 Å². The van der Waals surface area contributed by atoms with Crippen LogP contribution in [-0.4, -0.2) is 115 Å². The van der Waals surface area contributed by atoms with Crippen molar-refractivity contribution in [2.24, 2.45) is 35.1 Å². The van der Waals surface area contributed by atoms with Gasteiger partial charge in [0.15, 0.2) is 0 Å². The smallest absolute Gasteiger partial charge is 0.417 e. The molecule has 0 heterocycles. The Bertz CT molecular complexity index is 1740. The number of ether oxygens (including phenoxy) is 2. The predicted molar refractivity (Wildman–Crippen MR) is 254 cm³/mol. The zero-order valence-corrected chi connectivity index (χ0v) is 41.7. The lowest BCUT2D eigenvalue weighted by Gasteiger charge is -2.39. The molecule has 6 amide bonds. The molecule has 2 unspecified atom stereocenters. The second-order valence-corrected chi connectivity index (χ2v) is 20.8. The van der Waals surface area contributed by atoms with Crippen LogP contribution in [0.4, 0.5) is 9.59 Å². The second-order valence-electron chi connectivity index (χ2n) is 20.8. The van der Waals surface area contributed by atoms with Crippen LogP contribution in [-0.2, 0) is 41.5 Å². The molecule has 0 spiro atoms. The number of nitrogens with zero attached hydrogens (tertiary/aromatic N) is 2. The monoisotopic (exact) mass is 925 g/mol. The minimum absolute atomic E-state index is 0.0666. The van der Waals surface area contributed by atoms with Crippen LogP contribution in [0.2, 0.25) is 0 Å². The largest absolute Gasteiger partial charge is 0.443 e. The maximum atomic E-state index is 14.6. The number of aliphatic hydroxyl groups is 2. The van der Waals surface area contributed by atoms with E-state index < -0.39 is 107 Å². The molecule has 0 fully saturated rings. The highest BCUT2D eigenvalue weighted by Crippen LogP contribution is 2.24. The summed E-state index contributed by atoms with van der Waals surface area (Å²) in [6.45, 7) is 23.8. The van der Waals surface area contributed by atoms with Gasteiger partial charge in [-0.05, 0) is 102 Å². The Morgan fingerprint density at radius 3 is 1.08 bits per heavy atom. The summed E-state index contributed by atoms with van der Waals surface area (Å²) in [4.78, 5) is 86.7. The molecule has 0 aromatic heterocycles. The van der Waals surface area contributed by atoms with Crippen molar-refractivity contribution >= 4 is 35.8 Å². The first kappa shape index (κ1) is 57.2. The number of rotatable bonds is 21. The Balaban J connectivity index is 2.59. The van der Waals surface area contributed by atoms with E-state index in [9.17, 15) is 39.0 Å². The van der Waals surface area contributed by atoms with Crippen molar-refractivity contribution in [3.63, 3.8) is 0 Å². The zero-order valence-electron chi connectivity index (χ0n) is 41.7. The van der Waals surface area contributed by atoms with Crippen LogP contribution in [0.3, 0.4) is 0 Å². The van der Waals surface area contributed by atoms with E-state index in [4.69, 9.17) is 20.9 Å². The lowest BCUT2D eigenvalue weighted by molar-refractivity contribution is -0.144. The maximum absolute atomic E-state index is 14.6. The van der Waals surface area contributed by atoms with Crippen molar-refractivity contribution in [3.05, 3.63) is 71.8 Å². The number of carbonyl (C=O) groups is 6. The molecular formula is C50H80N6O10. The van der Waals surface area contributed by atoms with E-state index in [-0.39, 0.29) is 37.5 Å². The van der Waals surface area contributed by atoms with Crippen LogP contribution in [0.5, 0.6) is 0 Å². The minimum Gasteiger partial charge on any atom is -0.443 e. The van der Waals surface area contributed by atoms with Crippen molar-refractivity contribution in [2.45, 2.75) is 182 Å². The predicted octanol–water partition coefficient (Wildman–Crippen LogP) is 5.49. The molecule has 8 N–H and O–H groups in total. The van der Waals surface area contributed by atoms with Gasteiger partial charge < -0.3 is 41.8 Å². The highest BCUT2D eigenvalue weighted by atomic mass is 16.6. The molecule has 370 valence electrons. The van der Waals surface area contributed by atoms with Gasteiger partial charge >= 0.3 is 12.2 Å². The highest BCUT2D eigenvalue weighted by molar-refractivity contribution is 6.01. The van der Waals surface area contributed by atoms with Gasteiger partial charge in [-0.1, -0.05) is 116 Å². The van der Waals surface area contributed by atoms with Gasteiger partial charge in [0.05, 0.1) is 24.2 Å². The maximum Gasteiger partial charge on any atom is 0.417 e. The molecule has 0 aliphatic heterocycles. The molecule has 16 nitrogen and oxygen atoms in total. The van der Waals surface area contributed by atoms with Gasteiger partial charge in [0.1, 0.15) is 35.5 Å². The molecule has 0 aliphatic carbocycles. The van der Waals surface area contributed by atoms with Crippen molar-refractivity contribution in [1.29, 1.82) is 0 Å². The molecule has 0 saturated heterocycles. The fraction of sp³-hybridized carbons (Fsp3) is 0.640. The highest BCUT2D eigenvalue weighted by Gasteiger charge is 2.45. The molecular weight excluding hydrogens is 845 g/mol. The third-order valence-electron chi connectivity index (χ3n) is 10.5. The van der Waals surface area contributed by atoms with Crippen molar-refractivity contribution in [1.82, 2.24) is 20.4 Å². The Morgan fingerprint density at radius 1 is 0.545 bits per heavy atom. The molecule has 0 saturated carbocycles. The van der Waals surface area contributed by atoms with Crippen LogP contribution >= 0.6 is 0 Å². The van der Waals surface area contributed by atoms with Crippen LogP contribution < -0.4 is 22.1 Å². The molecule has 16 heteroatoms. The standard InChI is InChI=1S/C50H80N6O10/c1-29(2)25-37(53-43(59)39(31(5)6)55(47(63)65-49(9,10)11)45(61)35(51)27-33-21-17-15-18-22-33)41(57)42(58)38(26-30(3)4)54-44(60)40(32(7)8)56(48(64)66-50(12,13)14)46(62)36(52)28-34-23-19-16-20-24-34/h15-24,29-32,35-42,57-58H,25-28,51-52H2,1-14H3,(H,53,59)(H,54,60)/t35-,36-,37-,38-,39-,40-,41?,42?/m0/s1. The minimum atomic E-state index is -1.72. The van der Waals surface area contributed by atoms with E-state index >= 15 is 0 Å². The van der Waals surface area contributed by atoms with Gasteiger partial charge in [0.2, 0.25) is 23.6 Å². The molecule has 8 atom stereocenters. The number of hydrogen-bond donors (Lipinski definition) is 6. The summed E-state index contributed by atoms with van der Waals surface area (Å²) in [5, 5.41) is 29.8. The Labute approximate surface area is 392 Å². The van der Waals surface area contributed by atoms with E-state index in [0.29, 0.717) is 0 Å². The summed E-state index contributed by atoms with van der Waals surface area (Å²) >= 11 is 0. The zero-order chi connectivity index (χ0) is 50.4. The molecule has 0 radical (unpaired) electrons. The average Bonchev–Trinajstić information content (AvgIpc) is 3.18. The van der Waals surface area contributed by atoms with Gasteiger partial charge in [-0.15, -0.1) is 0 Å². The number of hydrogen-bond acceptors (Lipinski definition) is 12. The quantitative estimate of drug-likeness (QED) is 0.0911. The lowest BCUT2D eigenvalue weighted by atomic mass is 9.88.